The van der Waals surface area contributed by atoms with E-state index in [-0.39, 0.29) is 58.7 Å². The molecule has 1 aliphatic carbocycles. The van der Waals surface area contributed by atoms with Crippen LogP contribution < -0.4 is 14.4 Å². The van der Waals surface area contributed by atoms with Crippen molar-refractivity contribution in [2.75, 3.05) is 22.8 Å². The number of hydrogen-bond acceptors (Lipinski definition) is 9. The molecular formula is C38H45N7O4S. The number of sulfonamides is 1. The maximum Gasteiger partial charge on any atom is 0.264 e. The van der Waals surface area contributed by atoms with Gasteiger partial charge in [0.1, 0.15) is 12.4 Å². The molecule has 4 bridgehead atoms. The summed E-state index contributed by atoms with van der Waals surface area (Å²) in [5, 5.41) is 0. The van der Waals surface area contributed by atoms with Crippen LogP contribution in [-0.4, -0.2) is 64.4 Å². The summed E-state index contributed by atoms with van der Waals surface area (Å²) in [6.45, 7) is 11.9. The lowest BCUT2D eigenvalue weighted by atomic mass is 9.62. The summed E-state index contributed by atoms with van der Waals surface area (Å²) in [7, 11) is -4.17. The summed E-state index contributed by atoms with van der Waals surface area (Å²) < 4.78 is 36.6. The number of nitrogens with zero attached hydrogens (tertiary/aromatic N) is 6. The third-order valence-corrected chi connectivity index (χ3v) is 11.7. The highest BCUT2D eigenvalue weighted by Gasteiger charge is 2.44. The topological polar surface area (TPSA) is 131 Å². The number of carbonyl (C=O) groups excluding carboxylic acids is 1. The molecule has 50 heavy (non-hydrogen) atoms. The molecule has 1 saturated heterocycles. The van der Waals surface area contributed by atoms with Crippen molar-refractivity contribution in [3.63, 3.8) is 0 Å². The molecule has 2 aromatic heterocycles. The number of ether oxygens (including phenoxy) is 1. The highest BCUT2D eigenvalue weighted by atomic mass is 32.2. The molecule has 4 heterocycles. The molecule has 2 atom stereocenters. The highest BCUT2D eigenvalue weighted by Crippen LogP contribution is 2.48. The van der Waals surface area contributed by atoms with Crippen molar-refractivity contribution in [1.82, 2.24) is 24.8 Å². The summed E-state index contributed by atoms with van der Waals surface area (Å²) in [5.41, 5.74) is 4.44. The second kappa shape index (κ2) is 13.3. The number of carbonyl (C=O) groups is 1. The van der Waals surface area contributed by atoms with Gasteiger partial charge in [0.25, 0.3) is 15.9 Å². The molecule has 11 nitrogen and oxygen atoms in total. The van der Waals surface area contributed by atoms with E-state index in [1.807, 2.05) is 32.0 Å². The van der Waals surface area contributed by atoms with Gasteiger partial charge in [0, 0.05) is 29.8 Å². The first kappa shape index (κ1) is 33.9. The second-order valence-electron chi connectivity index (χ2n) is 14.9. The summed E-state index contributed by atoms with van der Waals surface area (Å²) in [5.74, 6) is 0.762. The monoisotopic (exact) mass is 695 g/mol. The third kappa shape index (κ3) is 6.90. The van der Waals surface area contributed by atoms with Gasteiger partial charge in [-0.05, 0) is 93.5 Å². The Labute approximate surface area is 294 Å². The Balaban J connectivity index is 1.33. The Hall–Kier alpha value is -4.58. The lowest BCUT2D eigenvalue weighted by Crippen LogP contribution is -2.53. The first-order valence-corrected chi connectivity index (χ1v) is 19.0. The van der Waals surface area contributed by atoms with Gasteiger partial charge in [0.05, 0.1) is 41.3 Å². The average molecular weight is 696 g/mol. The minimum Gasteiger partial charge on any atom is -0.475 e. The summed E-state index contributed by atoms with van der Waals surface area (Å²) in [4.78, 5) is 37.4. The fourth-order valence-corrected chi connectivity index (χ4v) is 8.87. The van der Waals surface area contributed by atoms with Crippen LogP contribution in [-0.2, 0) is 16.6 Å². The molecule has 4 aromatic rings. The maximum absolute atomic E-state index is 14.7. The van der Waals surface area contributed by atoms with Crippen LogP contribution in [0.15, 0.2) is 65.8 Å². The van der Waals surface area contributed by atoms with Crippen LogP contribution in [0.2, 0.25) is 0 Å². The zero-order valence-corrected chi connectivity index (χ0v) is 30.2. The van der Waals surface area contributed by atoms with Gasteiger partial charge in [-0.25, -0.2) is 23.1 Å². The fraction of sp³-hybridized carbons (Fsp3) is 0.447. The van der Waals surface area contributed by atoms with Crippen molar-refractivity contribution in [1.29, 1.82) is 0 Å². The molecule has 1 N–H and O–H groups in total. The molecule has 0 spiro atoms. The number of hydrogen-bond donors (Lipinski definition) is 1. The van der Waals surface area contributed by atoms with Crippen LogP contribution in [0, 0.1) is 25.2 Å². The number of benzene rings is 2. The van der Waals surface area contributed by atoms with Crippen LogP contribution in [0.4, 0.5) is 11.8 Å². The summed E-state index contributed by atoms with van der Waals surface area (Å²) in [6, 6.07) is 13.8. The molecule has 0 radical (unpaired) electrons. The molecule has 7 rings (SSSR count). The Morgan fingerprint density at radius 2 is 1.74 bits per heavy atom. The van der Waals surface area contributed by atoms with Crippen LogP contribution in [0.3, 0.4) is 0 Å². The Morgan fingerprint density at radius 1 is 0.980 bits per heavy atom. The number of aryl methyl sites for hydroxylation is 2. The predicted molar refractivity (Wildman–Crippen MR) is 193 cm³/mol. The van der Waals surface area contributed by atoms with Crippen LogP contribution in [0.1, 0.15) is 80.1 Å². The van der Waals surface area contributed by atoms with Crippen molar-refractivity contribution in [3.05, 3.63) is 83.3 Å². The van der Waals surface area contributed by atoms with Crippen molar-refractivity contribution in [3.8, 4) is 17.1 Å². The quantitative estimate of drug-likeness (QED) is 0.246. The van der Waals surface area contributed by atoms with Crippen LogP contribution in [0.5, 0.6) is 5.88 Å². The lowest BCUT2D eigenvalue weighted by Gasteiger charge is -2.49. The molecule has 12 heteroatoms. The van der Waals surface area contributed by atoms with E-state index in [9.17, 15) is 13.2 Å². The minimum absolute atomic E-state index is 0.0618. The average Bonchev–Trinajstić information content (AvgIpc) is 3.06. The van der Waals surface area contributed by atoms with Gasteiger partial charge in [-0.2, -0.15) is 4.98 Å². The third-order valence-electron chi connectivity index (χ3n) is 10.4. The molecular weight excluding hydrogens is 651 g/mol. The number of aromatic nitrogens is 4. The van der Waals surface area contributed by atoms with Gasteiger partial charge in [-0.1, -0.05) is 38.1 Å². The lowest BCUT2D eigenvalue weighted by molar-refractivity contribution is -0.00721. The van der Waals surface area contributed by atoms with Crippen LogP contribution >= 0.6 is 0 Å². The molecule has 3 aliphatic rings. The largest absolute Gasteiger partial charge is 0.475 e. The number of fused-ring (bicyclic) bond motifs is 4. The van der Waals surface area contributed by atoms with Gasteiger partial charge in [0.2, 0.25) is 11.8 Å². The number of piperidine rings is 1. The van der Waals surface area contributed by atoms with Gasteiger partial charge in [0.15, 0.2) is 0 Å². The first-order chi connectivity index (χ1) is 23.9. The van der Waals surface area contributed by atoms with Crippen LogP contribution in [0.25, 0.3) is 11.3 Å². The van der Waals surface area contributed by atoms with Crippen molar-refractivity contribution >= 4 is 27.7 Å². The SMILES string of the molecule is Cc1cccc(C)c1-c1cc2nc(n1)NS(=O)(=O)c1cccc(c1)C(=O)N(Cc1cncc(N3CCCC[C@@H]3C)n1)[C@H](C1CC(C)(C)C1)CO2. The molecule has 2 aliphatic heterocycles. The van der Waals surface area contributed by atoms with Gasteiger partial charge >= 0.3 is 0 Å². The number of amides is 1. The molecule has 0 unspecified atom stereocenters. The van der Waals surface area contributed by atoms with E-state index in [0.29, 0.717) is 17.4 Å². The van der Waals surface area contributed by atoms with Crippen molar-refractivity contribution in [2.45, 2.75) is 90.2 Å². The van der Waals surface area contributed by atoms with E-state index < -0.39 is 10.0 Å². The normalized spacial score (nSPS) is 21.9. The molecule has 2 aromatic carbocycles. The van der Waals surface area contributed by atoms with Crippen molar-refractivity contribution < 1.29 is 17.9 Å². The molecule has 1 saturated carbocycles. The van der Waals surface area contributed by atoms with Gasteiger partial charge < -0.3 is 14.5 Å². The van der Waals surface area contributed by atoms with E-state index in [1.165, 1.54) is 18.6 Å². The second-order valence-corrected chi connectivity index (χ2v) is 16.5. The smallest absolute Gasteiger partial charge is 0.264 e. The highest BCUT2D eigenvalue weighted by molar-refractivity contribution is 7.92. The van der Waals surface area contributed by atoms with E-state index in [4.69, 9.17) is 9.72 Å². The Bertz CT molecular complexity index is 2010. The Morgan fingerprint density at radius 3 is 2.48 bits per heavy atom. The molecule has 262 valence electrons. The minimum atomic E-state index is -4.17. The number of anilines is 2. The molecule has 1 amide bonds. The summed E-state index contributed by atoms with van der Waals surface area (Å²) in [6.07, 6.45) is 8.70. The standard InChI is InChI=1S/C38H45N7O4S/c1-24-10-8-11-25(2)35(24)31-17-34-42-37(41-31)43-50(47,48)30-14-9-13-27(16-30)36(46)45(32(23-49-34)28-18-38(4,5)19-28)22-29-20-39-21-33(40-29)44-15-7-6-12-26(44)3/h8-11,13-14,16-17,20-21,26,28,32H,6-7,12,15,18-19,22-23H2,1-5H3,(H,41,42,43)/t26-,32-/m0/s1. The number of rotatable bonds is 5. The fourth-order valence-electron chi connectivity index (χ4n) is 7.88. The Kier molecular flexibility index (Phi) is 9.00. The van der Waals surface area contributed by atoms with E-state index in [1.54, 1.807) is 35.5 Å². The van der Waals surface area contributed by atoms with Gasteiger partial charge in [-0.15, -0.1) is 0 Å². The number of nitrogens with one attached hydrogen (secondary N) is 1. The van der Waals surface area contributed by atoms with Gasteiger partial charge in [-0.3, -0.25) is 9.78 Å². The predicted octanol–water partition coefficient (Wildman–Crippen LogP) is 6.57. The first-order valence-electron chi connectivity index (χ1n) is 17.5. The van der Waals surface area contributed by atoms with E-state index >= 15 is 0 Å². The molecule has 2 fully saturated rings. The zero-order chi connectivity index (χ0) is 35.2. The zero-order valence-electron chi connectivity index (χ0n) is 29.4. The van der Waals surface area contributed by atoms with Crippen molar-refractivity contribution in [2.24, 2.45) is 11.3 Å². The summed E-state index contributed by atoms with van der Waals surface area (Å²) >= 11 is 0. The van der Waals surface area contributed by atoms with E-state index in [0.717, 1.165) is 54.7 Å². The van der Waals surface area contributed by atoms with E-state index in [2.05, 4.69) is 45.3 Å². The maximum atomic E-state index is 14.7.